The number of nitrogens with one attached hydrogen (secondary N) is 3. The standard InChI is InChI=1S/C30H32F3N9O2/c1-18-3-4-20(28(43)38-22-12-21(30(31,32)33)13-23(14-22)42-6-5-34-19(2)16-42)11-24(18)39-27-26-25(36-17-37-27)15-35-29(40-26)41-7-9-44-10-8-41/h3-4,11-15,17,19,34H,5-10,16H2,1-2H3,(H,38,43)(H,36,37,39)/t19-/m1/s1. The van der Waals surface area contributed by atoms with Crippen molar-refractivity contribution in [1.82, 2.24) is 25.3 Å². The summed E-state index contributed by atoms with van der Waals surface area (Å²) in [6.45, 7) is 8.12. The number of fused-ring (bicyclic) bond motifs is 1. The first-order chi connectivity index (χ1) is 21.1. The van der Waals surface area contributed by atoms with Gasteiger partial charge in [-0.1, -0.05) is 6.07 Å². The van der Waals surface area contributed by atoms with Crippen LogP contribution in [0.2, 0.25) is 0 Å². The maximum absolute atomic E-state index is 13.8. The first-order valence-electron chi connectivity index (χ1n) is 14.3. The van der Waals surface area contributed by atoms with Gasteiger partial charge in [0.15, 0.2) is 5.82 Å². The normalized spacial score (nSPS) is 17.5. The molecule has 6 rings (SSSR count). The van der Waals surface area contributed by atoms with E-state index in [9.17, 15) is 18.0 Å². The number of benzene rings is 2. The van der Waals surface area contributed by atoms with Gasteiger partial charge in [-0.2, -0.15) is 13.2 Å². The molecule has 0 spiro atoms. The van der Waals surface area contributed by atoms with Crippen LogP contribution in [0, 0.1) is 6.92 Å². The van der Waals surface area contributed by atoms with Crippen LogP contribution in [0.4, 0.5) is 42.0 Å². The van der Waals surface area contributed by atoms with Gasteiger partial charge in [0.05, 0.1) is 25.0 Å². The number of halogens is 3. The van der Waals surface area contributed by atoms with Gasteiger partial charge in [-0.15, -0.1) is 0 Å². The minimum atomic E-state index is -4.57. The van der Waals surface area contributed by atoms with Crippen LogP contribution in [0.1, 0.15) is 28.4 Å². The molecule has 1 atom stereocenters. The topological polar surface area (TPSA) is 120 Å². The van der Waals surface area contributed by atoms with Gasteiger partial charge in [-0.25, -0.2) is 19.9 Å². The van der Waals surface area contributed by atoms with Crippen molar-refractivity contribution in [3.8, 4) is 0 Å². The summed E-state index contributed by atoms with van der Waals surface area (Å²) < 4.78 is 46.9. The third kappa shape index (κ3) is 6.50. The van der Waals surface area contributed by atoms with E-state index in [4.69, 9.17) is 9.72 Å². The van der Waals surface area contributed by atoms with Gasteiger partial charge in [0.1, 0.15) is 17.4 Å². The zero-order valence-corrected chi connectivity index (χ0v) is 24.3. The Morgan fingerprint density at radius 3 is 2.64 bits per heavy atom. The molecule has 2 aliphatic rings. The van der Waals surface area contributed by atoms with Crippen molar-refractivity contribution in [2.24, 2.45) is 0 Å². The largest absolute Gasteiger partial charge is 0.416 e. The average Bonchev–Trinajstić information content (AvgIpc) is 3.02. The van der Waals surface area contributed by atoms with Crippen molar-refractivity contribution >= 4 is 45.8 Å². The Hall–Kier alpha value is -4.56. The molecule has 14 heteroatoms. The molecule has 3 N–H and O–H groups in total. The fraction of sp³-hybridized carbons (Fsp3) is 0.367. The van der Waals surface area contributed by atoms with Crippen LogP contribution < -0.4 is 25.8 Å². The molecule has 11 nitrogen and oxygen atoms in total. The SMILES string of the molecule is Cc1ccc(C(=O)Nc2cc(N3CCN[C@H](C)C3)cc(C(F)(F)F)c2)cc1Nc1ncnc2cnc(N3CCOCC3)nc12. The van der Waals surface area contributed by atoms with Crippen LogP contribution in [0.3, 0.4) is 0 Å². The second-order valence-corrected chi connectivity index (χ2v) is 10.9. The van der Waals surface area contributed by atoms with Gasteiger partial charge in [0, 0.05) is 61.4 Å². The Balaban J connectivity index is 1.26. The molecule has 2 fully saturated rings. The Labute approximate surface area is 251 Å². The summed E-state index contributed by atoms with van der Waals surface area (Å²) in [5.41, 5.74) is 2.38. The molecule has 2 saturated heterocycles. The highest BCUT2D eigenvalue weighted by Crippen LogP contribution is 2.35. The lowest BCUT2D eigenvalue weighted by molar-refractivity contribution is -0.137. The van der Waals surface area contributed by atoms with Crippen LogP contribution in [0.25, 0.3) is 11.0 Å². The number of aryl methyl sites for hydroxylation is 1. The number of anilines is 5. The molecule has 0 unspecified atom stereocenters. The molecule has 0 aliphatic carbocycles. The number of aromatic nitrogens is 4. The number of carbonyl (C=O) groups excluding carboxylic acids is 1. The maximum atomic E-state index is 13.8. The van der Waals surface area contributed by atoms with E-state index in [-0.39, 0.29) is 17.3 Å². The Morgan fingerprint density at radius 1 is 1.05 bits per heavy atom. The van der Waals surface area contributed by atoms with Crippen LogP contribution in [0.15, 0.2) is 48.9 Å². The molecule has 0 bridgehead atoms. The molecule has 4 aromatic rings. The summed E-state index contributed by atoms with van der Waals surface area (Å²) in [7, 11) is 0. The number of carbonyl (C=O) groups is 1. The molecular formula is C30H32F3N9O2. The lowest BCUT2D eigenvalue weighted by Gasteiger charge is -2.34. The fourth-order valence-corrected chi connectivity index (χ4v) is 5.28. The van der Waals surface area contributed by atoms with E-state index < -0.39 is 17.6 Å². The van der Waals surface area contributed by atoms with E-state index in [0.717, 1.165) is 17.7 Å². The number of nitrogens with zero attached hydrogens (tertiary/aromatic N) is 6. The molecule has 0 radical (unpaired) electrons. The number of hydrogen-bond donors (Lipinski definition) is 3. The van der Waals surface area contributed by atoms with Crippen molar-refractivity contribution in [2.45, 2.75) is 26.1 Å². The molecule has 2 aromatic heterocycles. The van der Waals surface area contributed by atoms with E-state index in [1.807, 2.05) is 23.6 Å². The first-order valence-corrected chi connectivity index (χ1v) is 14.3. The minimum absolute atomic E-state index is 0.0650. The van der Waals surface area contributed by atoms with Gasteiger partial charge in [-0.3, -0.25) is 4.79 Å². The van der Waals surface area contributed by atoms with Gasteiger partial charge >= 0.3 is 6.18 Å². The van der Waals surface area contributed by atoms with E-state index in [1.54, 1.807) is 30.5 Å². The summed E-state index contributed by atoms with van der Waals surface area (Å²) in [4.78, 5) is 35.1. The highest BCUT2D eigenvalue weighted by molar-refractivity contribution is 6.05. The lowest BCUT2D eigenvalue weighted by atomic mass is 10.1. The number of piperazine rings is 1. The zero-order valence-electron chi connectivity index (χ0n) is 24.3. The Kier molecular flexibility index (Phi) is 8.19. The predicted molar refractivity (Wildman–Crippen MR) is 162 cm³/mol. The van der Waals surface area contributed by atoms with E-state index in [0.29, 0.717) is 80.1 Å². The Morgan fingerprint density at radius 2 is 1.86 bits per heavy atom. The van der Waals surface area contributed by atoms with E-state index in [2.05, 4.69) is 30.9 Å². The molecule has 1 amide bonds. The smallest absolute Gasteiger partial charge is 0.378 e. The van der Waals surface area contributed by atoms with Crippen molar-refractivity contribution in [3.05, 3.63) is 65.6 Å². The van der Waals surface area contributed by atoms with Gasteiger partial charge in [0.25, 0.3) is 5.91 Å². The quantitative estimate of drug-likeness (QED) is 0.291. The monoisotopic (exact) mass is 607 g/mol. The summed E-state index contributed by atoms with van der Waals surface area (Å²) >= 11 is 0. The molecule has 2 aromatic carbocycles. The van der Waals surface area contributed by atoms with Gasteiger partial charge in [0.2, 0.25) is 5.95 Å². The second-order valence-electron chi connectivity index (χ2n) is 10.9. The maximum Gasteiger partial charge on any atom is 0.416 e. The Bertz CT molecular complexity index is 1680. The summed E-state index contributed by atoms with van der Waals surface area (Å²) in [6, 6.07) is 8.81. The molecule has 4 heterocycles. The van der Waals surface area contributed by atoms with E-state index >= 15 is 0 Å². The number of ether oxygens (including phenoxy) is 1. The van der Waals surface area contributed by atoms with Crippen LogP contribution in [-0.4, -0.2) is 77.8 Å². The minimum Gasteiger partial charge on any atom is -0.378 e. The first kappa shape index (κ1) is 29.5. The molecular weight excluding hydrogens is 575 g/mol. The second kappa shape index (κ2) is 12.2. The third-order valence-corrected chi connectivity index (χ3v) is 7.65. The highest BCUT2D eigenvalue weighted by atomic mass is 19.4. The summed E-state index contributed by atoms with van der Waals surface area (Å²) in [5, 5.41) is 9.23. The van der Waals surface area contributed by atoms with Crippen LogP contribution in [0.5, 0.6) is 0 Å². The number of hydrogen-bond acceptors (Lipinski definition) is 10. The average molecular weight is 608 g/mol. The lowest BCUT2D eigenvalue weighted by Crippen LogP contribution is -2.49. The highest BCUT2D eigenvalue weighted by Gasteiger charge is 2.32. The van der Waals surface area contributed by atoms with Crippen LogP contribution in [-0.2, 0) is 10.9 Å². The molecule has 44 heavy (non-hydrogen) atoms. The van der Waals surface area contributed by atoms with Crippen molar-refractivity contribution in [1.29, 1.82) is 0 Å². The van der Waals surface area contributed by atoms with Gasteiger partial charge in [-0.05, 0) is 49.7 Å². The zero-order chi connectivity index (χ0) is 30.8. The molecule has 0 saturated carbocycles. The summed E-state index contributed by atoms with van der Waals surface area (Å²) in [5.74, 6) is 0.427. The van der Waals surface area contributed by atoms with Crippen molar-refractivity contribution in [2.75, 3.05) is 66.4 Å². The number of morpholine rings is 1. The van der Waals surface area contributed by atoms with Crippen LogP contribution >= 0.6 is 0 Å². The number of amides is 1. The predicted octanol–water partition coefficient (Wildman–Crippen LogP) is 4.38. The van der Waals surface area contributed by atoms with Crippen molar-refractivity contribution in [3.63, 3.8) is 0 Å². The third-order valence-electron chi connectivity index (χ3n) is 7.65. The van der Waals surface area contributed by atoms with Gasteiger partial charge < -0.3 is 30.5 Å². The fourth-order valence-electron chi connectivity index (χ4n) is 5.28. The van der Waals surface area contributed by atoms with E-state index in [1.165, 1.54) is 6.33 Å². The molecule has 230 valence electrons. The summed E-state index contributed by atoms with van der Waals surface area (Å²) in [6.07, 6.45) is -1.53. The molecule has 2 aliphatic heterocycles. The van der Waals surface area contributed by atoms with Crippen molar-refractivity contribution < 1.29 is 22.7 Å². The number of rotatable bonds is 6. The number of alkyl halides is 3.